The number of carbonyl (C=O) groups excluding carboxylic acids is 1. The number of aromatic nitrogens is 2. The third-order valence-electron chi connectivity index (χ3n) is 6.24. The Labute approximate surface area is 183 Å². The van der Waals surface area contributed by atoms with Gasteiger partial charge < -0.3 is 9.47 Å². The van der Waals surface area contributed by atoms with Crippen molar-refractivity contribution in [3.05, 3.63) is 101 Å². The third kappa shape index (κ3) is 4.11. The van der Waals surface area contributed by atoms with E-state index >= 15 is 0 Å². The Morgan fingerprint density at radius 3 is 2.45 bits per heavy atom. The van der Waals surface area contributed by atoms with Crippen LogP contribution in [0.1, 0.15) is 34.9 Å². The molecule has 1 fully saturated rings. The van der Waals surface area contributed by atoms with Gasteiger partial charge in [-0.1, -0.05) is 72.3 Å². The molecule has 0 saturated carbocycles. The number of fused-ring (bicyclic) bond motifs is 1. The van der Waals surface area contributed by atoms with Crippen LogP contribution >= 0.6 is 0 Å². The van der Waals surface area contributed by atoms with Crippen molar-refractivity contribution in [1.82, 2.24) is 14.5 Å². The highest BCUT2D eigenvalue weighted by atomic mass is 16.2. The van der Waals surface area contributed by atoms with Gasteiger partial charge in [-0.25, -0.2) is 4.98 Å². The van der Waals surface area contributed by atoms with Crippen LogP contribution in [0.3, 0.4) is 0 Å². The van der Waals surface area contributed by atoms with Crippen molar-refractivity contribution < 1.29 is 4.79 Å². The Bertz CT molecular complexity index is 1190. The molecule has 31 heavy (non-hydrogen) atoms. The molecule has 1 amide bonds. The number of rotatable bonds is 6. The zero-order chi connectivity index (χ0) is 21.2. The van der Waals surface area contributed by atoms with Gasteiger partial charge in [0.05, 0.1) is 11.0 Å². The van der Waals surface area contributed by atoms with E-state index < -0.39 is 0 Å². The van der Waals surface area contributed by atoms with E-state index in [1.807, 2.05) is 17.0 Å². The summed E-state index contributed by atoms with van der Waals surface area (Å²) >= 11 is 0. The number of carbonyl (C=O) groups is 1. The van der Waals surface area contributed by atoms with E-state index in [9.17, 15) is 4.79 Å². The Morgan fingerprint density at radius 2 is 1.65 bits per heavy atom. The van der Waals surface area contributed by atoms with Crippen molar-refractivity contribution in [2.24, 2.45) is 0 Å². The van der Waals surface area contributed by atoms with Gasteiger partial charge in [-0.2, -0.15) is 0 Å². The minimum Gasteiger partial charge on any atom is -0.342 e. The molecule has 0 N–H and O–H groups in total. The van der Waals surface area contributed by atoms with Gasteiger partial charge in [-0.3, -0.25) is 4.79 Å². The molecule has 2 heterocycles. The number of para-hydroxylation sites is 2. The number of hydrogen-bond donors (Lipinski definition) is 0. The lowest BCUT2D eigenvalue weighted by Crippen LogP contribution is -2.27. The van der Waals surface area contributed by atoms with E-state index in [-0.39, 0.29) is 11.8 Å². The lowest BCUT2D eigenvalue weighted by atomic mass is 10.1. The summed E-state index contributed by atoms with van der Waals surface area (Å²) in [7, 11) is 0. The molecular weight excluding hydrogens is 382 g/mol. The SMILES string of the molecule is Cc1ccc(Cn2c(C3CC(=O)N(CCc4ccccc4)C3)nc3ccccc32)cc1. The molecule has 0 spiro atoms. The fourth-order valence-corrected chi connectivity index (χ4v) is 4.52. The van der Waals surface area contributed by atoms with Crippen LogP contribution in [0.2, 0.25) is 0 Å². The fourth-order valence-electron chi connectivity index (χ4n) is 4.52. The zero-order valence-corrected chi connectivity index (χ0v) is 17.9. The molecule has 1 aliphatic heterocycles. The first-order chi connectivity index (χ1) is 15.2. The van der Waals surface area contributed by atoms with Gasteiger partial charge in [-0.15, -0.1) is 0 Å². The summed E-state index contributed by atoms with van der Waals surface area (Å²) in [6.07, 6.45) is 1.42. The van der Waals surface area contributed by atoms with Crippen molar-refractivity contribution in [1.29, 1.82) is 0 Å². The minimum atomic E-state index is 0.126. The van der Waals surface area contributed by atoms with Gasteiger partial charge >= 0.3 is 0 Å². The van der Waals surface area contributed by atoms with Gasteiger partial charge in [-0.05, 0) is 36.6 Å². The molecule has 1 unspecified atom stereocenters. The second-order valence-electron chi connectivity index (χ2n) is 8.51. The number of amides is 1. The maximum absolute atomic E-state index is 12.8. The number of benzene rings is 3. The number of aryl methyl sites for hydroxylation is 1. The molecular formula is C27H27N3O. The molecule has 1 saturated heterocycles. The summed E-state index contributed by atoms with van der Waals surface area (Å²) in [6.45, 7) is 4.38. The molecule has 3 aromatic carbocycles. The average Bonchev–Trinajstić information content (AvgIpc) is 3.35. The molecule has 4 aromatic rings. The molecule has 156 valence electrons. The first-order valence-electron chi connectivity index (χ1n) is 11.0. The van der Waals surface area contributed by atoms with Crippen LogP contribution < -0.4 is 0 Å². The molecule has 4 nitrogen and oxygen atoms in total. The van der Waals surface area contributed by atoms with Crippen molar-refractivity contribution in [2.75, 3.05) is 13.1 Å². The van der Waals surface area contributed by atoms with Crippen LogP contribution in [0.25, 0.3) is 11.0 Å². The van der Waals surface area contributed by atoms with E-state index in [4.69, 9.17) is 4.98 Å². The molecule has 4 heteroatoms. The van der Waals surface area contributed by atoms with Gasteiger partial charge in [0.15, 0.2) is 0 Å². The lowest BCUT2D eigenvalue weighted by Gasteiger charge is -2.17. The van der Waals surface area contributed by atoms with E-state index in [1.54, 1.807) is 0 Å². The van der Waals surface area contributed by atoms with Crippen LogP contribution in [-0.4, -0.2) is 33.4 Å². The molecule has 1 aromatic heterocycles. The average molecular weight is 410 g/mol. The van der Waals surface area contributed by atoms with Crippen LogP contribution in [0.15, 0.2) is 78.9 Å². The van der Waals surface area contributed by atoms with Crippen molar-refractivity contribution in [2.45, 2.75) is 32.2 Å². The van der Waals surface area contributed by atoms with Crippen LogP contribution in [0.4, 0.5) is 0 Å². The normalized spacial score (nSPS) is 16.4. The summed E-state index contributed by atoms with van der Waals surface area (Å²) < 4.78 is 2.30. The topological polar surface area (TPSA) is 38.1 Å². The maximum atomic E-state index is 12.8. The summed E-state index contributed by atoms with van der Waals surface area (Å²) in [5, 5.41) is 0. The maximum Gasteiger partial charge on any atom is 0.223 e. The predicted molar refractivity (Wildman–Crippen MR) is 124 cm³/mol. The zero-order valence-electron chi connectivity index (χ0n) is 17.9. The van der Waals surface area contributed by atoms with Gasteiger partial charge in [0.2, 0.25) is 5.91 Å². The van der Waals surface area contributed by atoms with E-state index in [0.29, 0.717) is 6.42 Å². The molecule has 0 radical (unpaired) electrons. The van der Waals surface area contributed by atoms with Gasteiger partial charge in [0, 0.05) is 32.0 Å². The first-order valence-corrected chi connectivity index (χ1v) is 11.0. The molecule has 0 aliphatic carbocycles. The van der Waals surface area contributed by atoms with Crippen molar-refractivity contribution in [3.8, 4) is 0 Å². The minimum absolute atomic E-state index is 0.126. The highest BCUT2D eigenvalue weighted by molar-refractivity contribution is 5.81. The standard InChI is InChI=1S/C27H27N3O/c1-20-11-13-22(14-12-20)18-30-25-10-6-5-9-24(25)28-27(30)23-17-26(31)29(19-23)16-15-21-7-3-2-4-8-21/h2-14,23H,15-19H2,1H3. The van der Waals surface area contributed by atoms with E-state index in [1.165, 1.54) is 16.7 Å². The second kappa shape index (κ2) is 8.38. The Hall–Kier alpha value is -3.40. The largest absolute Gasteiger partial charge is 0.342 e. The summed E-state index contributed by atoms with van der Waals surface area (Å²) in [5.74, 6) is 1.38. The highest BCUT2D eigenvalue weighted by Crippen LogP contribution is 2.31. The Morgan fingerprint density at radius 1 is 0.903 bits per heavy atom. The van der Waals surface area contributed by atoms with E-state index in [2.05, 4.69) is 78.2 Å². The third-order valence-corrected chi connectivity index (χ3v) is 6.24. The Balaban J connectivity index is 1.40. The Kier molecular flexibility index (Phi) is 5.29. The van der Waals surface area contributed by atoms with Crippen LogP contribution in [0, 0.1) is 6.92 Å². The number of hydrogen-bond acceptors (Lipinski definition) is 2. The van der Waals surface area contributed by atoms with Gasteiger partial charge in [0.1, 0.15) is 5.82 Å². The van der Waals surface area contributed by atoms with Crippen molar-refractivity contribution >= 4 is 16.9 Å². The molecule has 5 rings (SSSR count). The fraction of sp³-hybridized carbons (Fsp3) is 0.259. The van der Waals surface area contributed by atoms with Gasteiger partial charge in [0.25, 0.3) is 0 Å². The number of nitrogens with zero attached hydrogens (tertiary/aromatic N) is 3. The van der Waals surface area contributed by atoms with Crippen molar-refractivity contribution in [3.63, 3.8) is 0 Å². The van der Waals surface area contributed by atoms with Crippen LogP contribution in [0.5, 0.6) is 0 Å². The van der Waals surface area contributed by atoms with E-state index in [0.717, 1.165) is 42.9 Å². The lowest BCUT2D eigenvalue weighted by molar-refractivity contribution is -0.127. The molecule has 1 aliphatic rings. The predicted octanol–water partition coefficient (Wildman–Crippen LogP) is 4.95. The van der Waals surface area contributed by atoms with Crippen LogP contribution in [-0.2, 0) is 17.8 Å². The highest BCUT2D eigenvalue weighted by Gasteiger charge is 2.33. The summed E-state index contributed by atoms with van der Waals surface area (Å²) in [5.41, 5.74) is 5.91. The summed E-state index contributed by atoms with van der Waals surface area (Å²) in [4.78, 5) is 19.8. The second-order valence-corrected chi connectivity index (χ2v) is 8.51. The monoisotopic (exact) mass is 409 g/mol. The summed E-state index contributed by atoms with van der Waals surface area (Å²) in [6, 6.07) is 27.3. The quantitative estimate of drug-likeness (QED) is 0.452. The number of likely N-dealkylation sites (tertiary alicyclic amines) is 1. The number of imidazole rings is 1. The smallest absolute Gasteiger partial charge is 0.223 e. The molecule has 1 atom stereocenters. The molecule has 0 bridgehead atoms. The first kappa shape index (κ1) is 19.6.